The summed E-state index contributed by atoms with van der Waals surface area (Å²) in [5, 5.41) is 0. The Morgan fingerprint density at radius 2 is 2.30 bits per heavy atom. The standard InChI is InChI=1S/C15H12N2O3/c1-17-10-16-13-9-12(4-6-14(13)17)20-15(18)7-5-11-3-2-8-19-11/h2-10H,1H3. The Labute approximate surface area is 115 Å². The highest BCUT2D eigenvalue weighted by atomic mass is 16.5. The Bertz CT molecular complexity index is 770. The van der Waals surface area contributed by atoms with Gasteiger partial charge in [0.05, 0.1) is 23.6 Å². The molecule has 1 aromatic carbocycles. The molecule has 3 rings (SSSR count). The average Bonchev–Trinajstić information content (AvgIpc) is 3.07. The van der Waals surface area contributed by atoms with Crippen molar-refractivity contribution in [1.29, 1.82) is 0 Å². The maximum atomic E-state index is 11.7. The molecule has 0 saturated heterocycles. The first-order valence-electron chi connectivity index (χ1n) is 6.07. The van der Waals surface area contributed by atoms with E-state index >= 15 is 0 Å². The summed E-state index contributed by atoms with van der Waals surface area (Å²) in [6.45, 7) is 0. The molecule has 0 fully saturated rings. The van der Waals surface area contributed by atoms with Crippen molar-refractivity contribution in [3.8, 4) is 5.75 Å². The summed E-state index contributed by atoms with van der Waals surface area (Å²) in [4.78, 5) is 15.9. The zero-order chi connectivity index (χ0) is 13.9. The van der Waals surface area contributed by atoms with Crippen molar-refractivity contribution in [3.63, 3.8) is 0 Å². The largest absolute Gasteiger partial charge is 0.465 e. The van der Waals surface area contributed by atoms with Gasteiger partial charge in [-0.15, -0.1) is 0 Å². The van der Waals surface area contributed by atoms with Gasteiger partial charge in [0.25, 0.3) is 0 Å². The predicted molar refractivity (Wildman–Crippen MR) is 74.1 cm³/mol. The van der Waals surface area contributed by atoms with Crippen molar-refractivity contribution in [2.24, 2.45) is 7.05 Å². The number of esters is 1. The fourth-order valence-corrected chi connectivity index (χ4v) is 1.87. The van der Waals surface area contributed by atoms with E-state index < -0.39 is 5.97 Å². The van der Waals surface area contributed by atoms with Gasteiger partial charge in [-0.3, -0.25) is 0 Å². The van der Waals surface area contributed by atoms with Gasteiger partial charge in [-0.2, -0.15) is 0 Å². The van der Waals surface area contributed by atoms with Gasteiger partial charge in [-0.05, 0) is 30.3 Å². The first kappa shape index (κ1) is 12.2. The van der Waals surface area contributed by atoms with Crippen molar-refractivity contribution < 1.29 is 13.9 Å². The third-order valence-corrected chi connectivity index (χ3v) is 2.84. The topological polar surface area (TPSA) is 57.3 Å². The van der Waals surface area contributed by atoms with Gasteiger partial charge in [0, 0.05) is 19.2 Å². The second kappa shape index (κ2) is 5.05. The van der Waals surface area contributed by atoms with Gasteiger partial charge in [0.2, 0.25) is 0 Å². The molecule has 0 aliphatic rings. The number of carbonyl (C=O) groups excluding carboxylic acids is 1. The molecule has 20 heavy (non-hydrogen) atoms. The number of benzene rings is 1. The van der Waals surface area contributed by atoms with E-state index in [1.54, 1.807) is 42.9 Å². The van der Waals surface area contributed by atoms with Crippen LogP contribution in [0.15, 0.2) is 53.4 Å². The summed E-state index contributed by atoms with van der Waals surface area (Å²) < 4.78 is 12.2. The summed E-state index contributed by atoms with van der Waals surface area (Å²) in [6, 6.07) is 8.83. The molecule has 3 aromatic rings. The molecule has 0 aliphatic heterocycles. The normalized spacial score (nSPS) is 11.2. The van der Waals surface area contributed by atoms with E-state index in [2.05, 4.69) is 4.98 Å². The van der Waals surface area contributed by atoms with Crippen LogP contribution in [0.1, 0.15) is 5.76 Å². The van der Waals surface area contributed by atoms with Gasteiger partial charge in [0.15, 0.2) is 0 Å². The van der Waals surface area contributed by atoms with Gasteiger partial charge < -0.3 is 13.7 Å². The molecule has 5 nitrogen and oxygen atoms in total. The van der Waals surface area contributed by atoms with E-state index in [4.69, 9.17) is 9.15 Å². The Morgan fingerprint density at radius 1 is 1.40 bits per heavy atom. The molecule has 0 atom stereocenters. The quantitative estimate of drug-likeness (QED) is 0.416. The Morgan fingerprint density at radius 3 is 3.10 bits per heavy atom. The van der Waals surface area contributed by atoms with Gasteiger partial charge in [0.1, 0.15) is 11.5 Å². The molecule has 0 spiro atoms. The van der Waals surface area contributed by atoms with Gasteiger partial charge in [-0.25, -0.2) is 9.78 Å². The molecule has 0 radical (unpaired) electrons. The lowest BCUT2D eigenvalue weighted by Crippen LogP contribution is -2.03. The van der Waals surface area contributed by atoms with Crippen molar-refractivity contribution >= 4 is 23.1 Å². The number of aryl methyl sites for hydroxylation is 1. The van der Waals surface area contributed by atoms with Crippen LogP contribution >= 0.6 is 0 Å². The molecule has 0 bridgehead atoms. The lowest BCUT2D eigenvalue weighted by atomic mass is 10.3. The highest BCUT2D eigenvalue weighted by Gasteiger charge is 2.05. The highest BCUT2D eigenvalue weighted by molar-refractivity contribution is 5.89. The number of hydrogen-bond acceptors (Lipinski definition) is 4. The summed E-state index contributed by atoms with van der Waals surface area (Å²) in [6.07, 6.45) is 6.14. The molecule has 0 amide bonds. The fourth-order valence-electron chi connectivity index (χ4n) is 1.87. The number of furan rings is 1. The molecule has 0 unspecified atom stereocenters. The minimum atomic E-state index is -0.461. The average molecular weight is 268 g/mol. The first-order chi connectivity index (χ1) is 9.72. The van der Waals surface area contributed by atoms with E-state index in [0.29, 0.717) is 11.5 Å². The van der Waals surface area contributed by atoms with Crippen LogP contribution in [0.5, 0.6) is 5.75 Å². The number of nitrogens with zero attached hydrogens (tertiary/aromatic N) is 2. The lowest BCUT2D eigenvalue weighted by molar-refractivity contribution is -0.128. The van der Waals surface area contributed by atoms with Crippen LogP contribution in [0.4, 0.5) is 0 Å². The van der Waals surface area contributed by atoms with E-state index in [1.807, 2.05) is 17.7 Å². The van der Waals surface area contributed by atoms with Gasteiger partial charge in [-0.1, -0.05) is 0 Å². The van der Waals surface area contributed by atoms with Crippen LogP contribution < -0.4 is 4.74 Å². The monoisotopic (exact) mass is 268 g/mol. The number of aromatic nitrogens is 2. The third kappa shape index (κ3) is 2.47. The molecule has 0 N–H and O–H groups in total. The number of fused-ring (bicyclic) bond motifs is 1. The number of rotatable bonds is 3. The Balaban J connectivity index is 1.74. The number of carbonyl (C=O) groups is 1. The zero-order valence-electron chi connectivity index (χ0n) is 10.8. The van der Waals surface area contributed by atoms with Crippen molar-refractivity contribution in [2.45, 2.75) is 0 Å². The molecule has 0 aliphatic carbocycles. The first-order valence-corrected chi connectivity index (χ1v) is 6.07. The highest BCUT2D eigenvalue weighted by Crippen LogP contribution is 2.19. The second-order valence-corrected chi connectivity index (χ2v) is 4.28. The van der Waals surface area contributed by atoms with Crippen LogP contribution in [0, 0.1) is 0 Å². The number of imidazole rings is 1. The molecule has 0 saturated carbocycles. The Kier molecular flexibility index (Phi) is 3.09. The van der Waals surface area contributed by atoms with Crippen molar-refractivity contribution in [1.82, 2.24) is 9.55 Å². The fraction of sp³-hybridized carbons (Fsp3) is 0.0667. The van der Waals surface area contributed by atoms with Gasteiger partial charge >= 0.3 is 5.97 Å². The minimum Gasteiger partial charge on any atom is -0.465 e. The smallest absolute Gasteiger partial charge is 0.336 e. The SMILES string of the molecule is Cn1cnc2cc(OC(=O)C=Cc3ccco3)ccc21. The van der Waals surface area contributed by atoms with Crippen LogP contribution in [0.2, 0.25) is 0 Å². The maximum Gasteiger partial charge on any atom is 0.336 e. The number of ether oxygens (including phenoxy) is 1. The van der Waals surface area contributed by atoms with Crippen LogP contribution in [-0.4, -0.2) is 15.5 Å². The van der Waals surface area contributed by atoms with Crippen molar-refractivity contribution in [2.75, 3.05) is 0 Å². The third-order valence-electron chi connectivity index (χ3n) is 2.84. The molecule has 2 aromatic heterocycles. The summed E-state index contributed by atoms with van der Waals surface area (Å²) in [5.41, 5.74) is 1.77. The summed E-state index contributed by atoms with van der Waals surface area (Å²) in [7, 11) is 1.91. The number of hydrogen-bond donors (Lipinski definition) is 0. The van der Waals surface area contributed by atoms with Crippen LogP contribution in [0.3, 0.4) is 0 Å². The lowest BCUT2D eigenvalue weighted by Gasteiger charge is -2.01. The maximum absolute atomic E-state index is 11.7. The molecule has 5 heteroatoms. The zero-order valence-corrected chi connectivity index (χ0v) is 10.8. The van der Waals surface area contributed by atoms with Crippen LogP contribution in [0.25, 0.3) is 17.1 Å². The van der Waals surface area contributed by atoms with E-state index in [0.717, 1.165) is 11.0 Å². The van der Waals surface area contributed by atoms with Crippen LogP contribution in [-0.2, 0) is 11.8 Å². The van der Waals surface area contributed by atoms with E-state index in [9.17, 15) is 4.79 Å². The van der Waals surface area contributed by atoms with E-state index in [1.165, 1.54) is 6.08 Å². The minimum absolute atomic E-state index is 0.461. The molecular weight excluding hydrogens is 256 g/mol. The molecule has 100 valence electrons. The summed E-state index contributed by atoms with van der Waals surface area (Å²) >= 11 is 0. The predicted octanol–water partition coefficient (Wildman–Crippen LogP) is 2.79. The van der Waals surface area contributed by atoms with Crippen molar-refractivity contribution in [3.05, 3.63) is 54.8 Å². The second-order valence-electron chi connectivity index (χ2n) is 4.28. The molecular formula is C15H12N2O3. The van der Waals surface area contributed by atoms with E-state index in [-0.39, 0.29) is 0 Å². The summed E-state index contributed by atoms with van der Waals surface area (Å²) in [5.74, 6) is 0.601. The Hall–Kier alpha value is -2.82. The molecule has 2 heterocycles.